The highest BCUT2D eigenvalue weighted by molar-refractivity contribution is 5.92. The number of hydrogen-bond donors (Lipinski definition) is 0. The second-order valence-corrected chi connectivity index (χ2v) is 6.77. The van der Waals surface area contributed by atoms with Crippen LogP contribution in [-0.2, 0) is 23.7 Å². The van der Waals surface area contributed by atoms with E-state index in [1.165, 1.54) is 19.3 Å². The Morgan fingerprint density at radius 1 is 1.10 bits per heavy atom. The maximum atomic E-state index is 13.5. The van der Waals surface area contributed by atoms with Gasteiger partial charge in [0.15, 0.2) is 0 Å². The summed E-state index contributed by atoms with van der Waals surface area (Å²) in [5.74, 6) is -1.30. The van der Waals surface area contributed by atoms with E-state index in [1.54, 1.807) is 11.9 Å². The van der Waals surface area contributed by atoms with Gasteiger partial charge in [-0.15, -0.1) is 0 Å². The molecule has 0 radical (unpaired) electrons. The molecule has 0 amide bonds. The molecule has 0 aliphatic heterocycles. The topological polar surface area (TPSA) is 41.9 Å². The second-order valence-electron chi connectivity index (χ2n) is 6.77. The van der Waals surface area contributed by atoms with Crippen LogP contribution in [0.1, 0.15) is 39.5 Å². The summed E-state index contributed by atoms with van der Waals surface area (Å²) in [4.78, 5) is 18.0. The van der Waals surface area contributed by atoms with Gasteiger partial charge in [0.1, 0.15) is 6.61 Å². The van der Waals surface area contributed by atoms with Crippen molar-refractivity contribution in [3.05, 3.63) is 64.2 Å². The van der Waals surface area contributed by atoms with E-state index < -0.39 is 41.6 Å². The van der Waals surface area contributed by atoms with E-state index >= 15 is 0 Å². The summed E-state index contributed by atoms with van der Waals surface area (Å²) in [7, 11) is 1.70. The maximum absolute atomic E-state index is 13.5. The lowest BCUT2D eigenvalue weighted by Gasteiger charge is -2.16. The van der Waals surface area contributed by atoms with Crippen molar-refractivity contribution < 1.29 is 35.9 Å². The number of hydrogen-bond acceptors (Lipinski definition) is 3. The zero-order chi connectivity index (χ0) is 23.4. The summed E-state index contributed by atoms with van der Waals surface area (Å²) in [6, 6.07) is 5.76. The predicted octanol–water partition coefficient (Wildman–Crippen LogP) is 6.00. The van der Waals surface area contributed by atoms with Crippen molar-refractivity contribution in [1.82, 2.24) is 4.90 Å². The van der Waals surface area contributed by atoms with Crippen LogP contribution in [0.2, 0.25) is 0 Å². The number of aryl methyl sites for hydroxylation is 1. The summed E-state index contributed by atoms with van der Waals surface area (Å²) < 4.78 is 83.8. The zero-order valence-corrected chi connectivity index (χ0v) is 16.9. The maximum Gasteiger partial charge on any atom is 0.417 e. The van der Waals surface area contributed by atoms with Crippen LogP contribution >= 0.6 is 0 Å². The molecule has 31 heavy (non-hydrogen) atoms. The molecule has 0 N–H and O–H groups in total. The molecule has 10 heteroatoms. The van der Waals surface area contributed by atoms with Gasteiger partial charge in [0.25, 0.3) is 0 Å². The summed E-state index contributed by atoms with van der Waals surface area (Å²) in [5, 5.41) is 0. The molecule has 168 valence electrons. The third kappa shape index (κ3) is 6.47. The minimum atomic E-state index is -4.86. The van der Waals surface area contributed by atoms with E-state index in [9.17, 15) is 31.1 Å². The number of esters is 1. The Labute approximate surface area is 175 Å². The highest BCUT2D eigenvalue weighted by atomic mass is 19.4. The fourth-order valence-electron chi connectivity index (χ4n) is 2.55. The molecular weight excluding hydrogens is 426 g/mol. The van der Waals surface area contributed by atoms with Crippen LogP contribution < -0.4 is 0 Å². The van der Waals surface area contributed by atoms with Gasteiger partial charge in [-0.05, 0) is 49.2 Å². The minimum Gasteiger partial charge on any atom is -0.457 e. The second kappa shape index (κ2) is 9.40. The number of alkyl halides is 6. The molecule has 0 aliphatic rings. The lowest BCUT2D eigenvalue weighted by molar-refractivity contribution is -0.138. The SMILES string of the molecule is CCN(C)/C=N/c1cc(C(F)(F)F)c(C(=O)OCc2cccc(C(F)(F)F)c2)cc1C. The van der Waals surface area contributed by atoms with Crippen molar-refractivity contribution in [3.8, 4) is 0 Å². The number of nitrogens with zero attached hydrogens (tertiary/aromatic N) is 2. The third-order valence-electron chi connectivity index (χ3n) is 4.38. The first-order chi connectivity index (χ1) is 14.3. The molecular formula is C21H20F6N2O2. The number of rotatable bonds is 6. The molecule has 0 aromatic heterocycles. The lowest BCUT2D eigenvalue weighted by Crippen LogP contribution is -2.16. The molecule has 0 aliphatic carbocycles. The molecule has 0 atom stereocenters. The Morgan fingerprint density at radius 3 is 2.35 bits per heavy atom. The number of carbonyl (C=O) groups is 1. The number of ether oxygens (including phenoxy) is 1. The van der Waals surface area contributed by atoms with Gasteiger partial charge in [-0.1, -0.05) is 12.1 Å². The van der Waals surface area contributed by atoms with Gasteiger partial charge in [-0.25, -0.2) is 9.79 Å². The quantitative estimate of drug-likeness (QED) is 0.237. The Kier molecular flexibility index (Phi) is 7.35. The van der Waals surface area contributed by atoms with Crippen molar-refractivity contribution in [2.24, 2.45) is 4.99 Å². The van der Waals surface area contributed by atoms with Gasteiger partial charge in [-0.3, -0.25) is 0 Å². The molecule has 0 spiro atoms. The average Bonchev–Trinajstić information content (AvgIpc) is 2.69. The van der Waals surface area contributed by atoms with Crippen LogP contribution in [0.3, 0.4) is 0 Å². The van der Waals surface area contributed by atoms with Gasteiger partial charge in [0.05, 0.1) is 28.7 Å². The summed E-state index contributed by atoms with van der Waals surface area (Å²) in [6.45, 7) is 3.31. The fraction of sp³-hybridized carbons (Fsp3) is 0.333. The Hall–Kier alpha value is -3.04. The number of benzene rings is 2. The average molecular weight is 446 g/mol. The van der Waals surface area contributed by atoms with Crippen LogP contribution in [0.5, 0.6) is 0 Å². The fourth-order valence-corrected chi connectivity index (χ4v) is 2.55. The van der Waals surface area contributed by atoms with E-state index in [1.807, 2.05) is 6.92 Å². The molecule has 0 fully saturated rings. The monoisotopic (exact) mass is 446 g/mol. The van der Waals surface area contributed by atoms with Crippen molar-refractivity contribution in [1.29, 1.82) is 0 Å². The number of halogens is 6. The Balaban J connectivity index is 2.31. The first-order valence-corrected chi connectivity index (χ1v) is 9.12. The Morgan fingerprint density at radius 2 is 1.77 bits per heavy atom. The largest absolute Gasteiger partial charge is 0.457 e. The van der Waals surface area contributed by atoms with Gasteiger partial charge >= 0.3 is 18.3 Å². The molecule has 0 bridgehead atoms. The smallest absolute Gasteiger partial charge is 0.417 e. The first kappa shape index (κ1) is 24.2. The standard InChI is InChI=1S/C21H20F6N2O2/c1-4-29(3)12-28-18-10-17(21(25,26)27)16(8-13(18)2)19(30)31-11-14-6-5-7-15(9-14)20(22,23)24/h5-10,12H,4,11H2,1-3H3/b28-12+. The third-order valence-corrected chi connectivity index (χ3v) is 4.38. The van der Waals surface area contributed by atoms with E-state index in [4.69, 9.17) is 4.74 Å². The van der Waals surface area contributed by atoms with E-state index in [0.717, 1.165) is 30.3 Å². The number of carbonyl (C=O) groups excluding carboxylic acids is 1. The molecule has 4 nitrogen and oxygen atoms in total. The molecule has 0 unspecified atom stereocenters. The van der Waals surface area contributed by atoms with Gasteiger partial charge in [-0.2, -0.15) is 26.3 Å². The highest BCUT2D eigenvalue weighted by Gasteiger charge is 2.37. The molecule has 0 saturated carbocycles. The highest BCUT2D eigenvalue weighted by Crippen LogP contribution is 2.36. The normalized spacial score (nSPS) is 12.3. The molecule has 0 saturated heterocycles. The van der Waals surface area contributed by atoms with Crippen molar-refractivity contribution in [2.45, 2.75) is 32.8 Å². The lowest BCUT2D eigenvalue weighted by atomic mass is 10.0. The van der Waals surface area contributed by atoms with E-state index in [-0.39, 0.29) is 11.3 Å². The van der Waals surface area contributed by atoms with Gasteiger partial charge in [0, 0.05) is 13.6 Å². The van der Waals surface area contributed by atoms with Gasteiger partial charge in [0.2, 0.25) is 0 Å². The van der Waals surface area contributed by atoms with Crippen molar-refractivity contribution in [3.63, 3.8) is 0 Å². The first-order valence-electron chi connectivity index (χ1n) is 9.12. The van der Waals surface area contributed by atoms with Crippen LogP contribution in [0.15, 0.2) is 41.4 Å². The zero-order valence-electron chi connectivity index (χ0n) is 16.9. The van der Waals surface area contributed by atoms with Crippen molar-refractivity contribution in [2.75, 3.05) is 13.6 Å². The Bertz CT molecular complexity index is 967. The molecule has 0 heterocycles. The number of aliphatic imine (C=N–C) groups is 1. The predicted molar refractivity (Wildman–Crippen MR) is 103 cm³/mol. The van der Waals surface area contributed by atoms with E-state index in [2.05, 4.69) is 4.99 Å². The summed E-state index contributed by atoms with van der Waals surface area (Å²) in [6.07, 6.45) is -8.09. The van der Waals surface area contributed by atoms with Crippen LogP contribution in [-0.4, -0.2) is 30.8 Å². The van der Waals surface area contributed by atoms with Crippen LogP contribution in [0.25, 0.3) is 0 Å². The minimum absolute atomic E-state index is 0.00252. The van der Waals surface area contributed by atoms with Crippen LogP contribution in [0.4, 0.5) is 32.0 Å². The summed E-state index contributed by atoms with van der Waals surface area (Å²) in [5.41, 5.74) is -2.59. The summed E-state index contributed by atoms with van der Waals surface area (Å²) >= 11 is 0. The molecule has 2 aromatic rings. The van der Waals surface area contributed by atoms with Gasteiger partial charge < -0.3 is 9.64 Å². The van der Waals surface area contributed by atoms with E-state index in [0.29, 0.717) is 12.1 Å². The molecule has 2 rings (SSSR count). The van der Waals surface area contributed by atoms with Crippen LogP contribution in [0, 0.1) is 6.92 Å². The van der Waals surface area contributed by atoms with Crippen molar-refractivity contribution >= 4 is 18.0 Å². The molecule has 2 aromatic carbocycles.